The van der Waals surface area contributed by atoms with Gasteiger partial charge in [0.05, 0.1) is 5.02 Å². The van der Waals surface area contributed by atoms with Gasteiger partial charge in [-0.2, -0.15) is 0 Å². The third kappa shape index (κ3) is 3.96. The molecule has 5 nitrogen and oxygen atoms in total. The van der Waals surface area contributed by atoms with Gasteiger partial charge in [-0.15, -0.1) is 0 Å². The second-order valence-electron chi connectivity index (χ2n) is 5.27. The third-order valence-corrected chi connectivity index (χ3v) is 4.88. The molecule has 0 aromatic heterocycles. The normalized spacial score (nSPS) is 15.0. The Morgan fingerprint density at radius 1 is 1.43 bits per heavy atom. The second kappa shape index (κ2) is 6.34. The minimum Gasteiger partial charge on any atom is -0.336 e. The molecule has 2 rings (SSSR count). The second-order valence-corrected chi connectivity index (χ2v) is 7.21. The number of hydrogen-bond acceptors (Lipinski definition) is 3. The van der Waals surface area contributed by atoms with E-state index in [1.54, 1.807) is 6.07 Å². The van der Waals surface area contributed by atoms with Gasteiger partial charge in [-0.3, -0.25) is 4.79 Å². The number of rotatable bonds is 6. The van der Waals surface area contributed by atoms with E-state index in [-0.39, 0.29) is 21.9 Å². The summed E-state index contributed by atoms with van der Waals surface area (Å²) >= 11 is 5.84. The number of carbonyl (C=O) groups is 1. The number of carbonyl (C=O) groups excluding carboxylic acids is 1. The van der Waals surface area contributed by atoms with Gasteiger partial charge in [0.15, 0.2) is 0 Å². The molecular formula is C14H19ClN2O3S. The van der Waals surface area contributed by atoms with E-state index >= 15 is 0 Å². The van der Waals surface area contributed by atoms with E-state index < -0.39 is 10.0 Å². The lowest BCUT2D eigenvalue weighted by molar-refractivity contribution is 0.0740. The molecular weight excluding hydrogens is 312 g/mol. The lowest BCUT2D eigenvalue weighted by Crippen LogP contribution is -2.34. The van der Waals surface area contributed by atoms with E-state index in [1.165, 1.54) is 12.1 Å². The summed E-state index contributed by atoms with van der Waals surface area (Å²) in [5, 5.41) is 5.15. The molecule has 1 aliphatic carbocycles. The van der Waals surface area contributed by atoms with Crippen LogP contribution in [-0.2, 0) is 10.0 Å². The average Bonchev–Trinajstić information content (AvgIpc) is 3.22. The van der Waals surface area contributed by atoms with Gasteiger partial charge in [0, 0.05) is 18.2 Å². The van der Waals surface area contributed by atoms with Crippen LogP contribution in [0.2, 0.25) is 5.02 Å². The molecule has 21 heavy (non-hydrogen) atoms. The molecule has 1 aromatic rings. The van der Waals surface area contributed by atoms with Gasteiger partial charge in [-0.1, -0.05) is 24.9 Å². The summed E-state index contributed by atoms with van der Waals surface area (Å²) in [5.41, 5.74) is 0.312. The Morgan fingerprint density at radius 2 is 2.10 bits per heavy atom. The predicted octanol–water partition coefficient (Wildman–Crippen LogP) is 2.39. The van der Waals surface area contributed by atoms with Crippen molar-refractivity contribution in [3.63, 3.8) is 0 Å². The zero-order valence-electron chi connectivity index (χ0n) is 11.9. The summed E-state index contributed by atoms with van der Waals surface area (Å²) in [6.07, 6.45) is 3.94. The zero-order valence-corrected chi connectivity index (χ0v) is 13.5. The molecule has 0 heterocycles. The molecule has 1 aliphatic rings. The molecule has 7 heteroatoms. The standard InChI is InChI=1S/C14H19ClN2O3S/c1-2-3-8-17(11-5-6-11)14(18)10-4-7-12(15)13(9-10)21(16,19)20/h4,7,9,11H,2-3,5-6,8H2,1H3,(H2,16,19,20). The molecule has 0 spiro atoms. The van der Waals surface area contributed by atoms with E-state index in [0.717, 1.165) is 25.7 Å². The molecule has 0 radical (unpaired) electrons. The number of primary sulfonamides is 1. The van der Waals surface area contributed by atoms with Crippen LogP contribution in [0, 0.1) is 0 Å². The molecule has 0 saturated heterocycles. The Labute approximate surface area is 130 Å². The number of benzene rings is 1. The zero-order chi connectivity index (χ0) is 15.6. The highest BCUT2D eigenvalue weighted by atomic mass is 35.5. The molecule has 1 amide bonds. The quantitative estimate of drug-likeness (QED) is 0.869. The van der Waals surface area contributed by atoms with Gasteiger partial charge in [-0.25, -0.2) is 13.6 Å². The van der Waals surface area contributed by atoms with Crippen molar-refractivity contribution in [2.75, 3.05) is 6.54 Å². The fourth-order valence-corrected chi connectivity index (χ4v) is 3.26. The number of sulfonamides is 1. The van der Waals surface area contributed by atoms with E-state index in [0.29, 0.717) is 12.1 Å². The van der Waals surface area contributed by atoms with Crippen molar-refractivity contribution in [2.24, 2.45) is 5.14 Å². The molecule has 0 bridgehead atoms. The number of nitrogens with two attached hydrogens (primary N) is 1. The summed E-state index contributed by atoms with van der Waals surface area (Å²) in [5.74, 6) is -0.160. The number of unbranched alkanes of at least 4 members (excludes halogenated alkanes) is 1. The third-order valence-electron chi connectivity index (χ3n) is 3.49. The molecule has 116 valence electrons. The van der Waals surface area contributed by atoms with Crippen LogP contribution in [0.15, 0.2) is 23.1 Å². The van der Waals surface area contributed by atoms with Gasteiger partial charge in [0.25, 0.3) is 5.91 Å². The molecule has 0 unspecified atom stereocenters. The van der Waals surface area contributed by atoms with Gasteiger partial charge < -0.3 is 4.90 Å². The maximum absolute atomic E-state index is 12.6. The summed E-state index contributed by atoms with van der Waals surface area (Å²) in [6, 6.07) is 4.49. The van der Waals surface area contributed by atoms with Crippen molar-refractivity contribution in [1.82, 2.24) is 4.90 Å². The number of halogens is 1. The number of nitrogens with zero attached hydrogens (tertiary/aromatic N) is 1. The fourth-order valence-electron chi connectivity index (χ4n) is 2.18. The number of amides is 1. The van der Waals surface area contributed by atoms with Crippen molar-refractivity contribution in [2.45, 2.75) is 43.5 Å². The van der Waals surface area contributed by atoms with Crippen molar-refractivity contribution in [3.8, 4) is 0 Å². The van der Waals surface area contributed by atoms with E-state index in [1.807, 2.05) is 4.90 Å². The van der Waals surface area contributed by atoms with Gasteiger partial charge in [-0.05, 0) is 37.5 Å². The minimum absolute atomic E-state index is 0.0283. The van der Waals surface area contributed by atoms with Crippen LogP contribution in [0.4, 0.5) is 0 Å². The average molecular weight is 331 g/mol. The molecule has 1 aromatic carbocycles. The highest BCUT2D eigenvalue weighted by Crippen LogP contribution is 2.30. The first-order chi connectivity index (χ1) is 9.84. The first kappa shape index (κ1) is 16.3. The first-order valence-corrected chi connectivity index (χ1v) is 8.90. The summed E-state index contributed by atoms with van der Waals surface area (Å²) < 4.78 is 23.0. The van der Waals surface area contributed by atoms with E-state index in [2.05, 4.69) is 6.92 Å². The maximum Gasteiger partial charge on any atom is 0.254 e. The Kier molecular flexibility index (Phi) is 4.91. The Morgan fingerprint density at radius 3 is 2.62 bits per heavy atom. The van der Waals surface area contributed by atoms with Crippen LogP contribution in [0.1, 0.15) is 43.0 Å². The predicted molar refractivity (Wildman–Crippen MR) is 81.8 cm³/mol. The Bertz CT molecular complexity index is 642. The Hall–Kier alpha value is -1.11. The minimum atomic E-state index is -3.94. The van der Waals surface area contributed by atoms with Crippen LogP contribution in [-0.4, -0.2) is 31.8 Å². The lowest BCUT2D eigenvalue weighted by atomic mass is 10.2. The van der Waals surface area contributed by atoms with Crippen LogP contribution in [0.25, 0.3) is 0 Å². The molecule has 2 N–H and O–H groups in total. The van der Waals surface area contributed by atoms with Gasteiger partial charge in [0.2, 0.25) is 10.0 Å². The smallest absolute Gasteiger partial charge is 0.254 e. The van der Waals surface area contributed by atoms with Crippen LogP contribution in [0.3, 0.4) is 0 Å². The van der Waals surface area contributed by atoms with E-state index in [9.17, 15) is 13.2 Å². The SMILES string of the molecule is CCCCN(C(=O)c1ccc(Cl)c(S(N)(=O)=O)c1)C1CC1. The van der Waals surface area contributed by atoms with Crippen molar-refractivity contribution < 1.29 is 13.2 Å². The van der Waals surface area contributed by atoms with Crippen LogP contribution >= 0.6 is 11.6 Å². The van der Waals surface area contributed by atoms with Crippen LogP contribution in [0.5, 0.6) is 0 Å². The molecule has 0 atom stereocenters. The molecule has 1 saturated carbocycles. The summed E-state index contributed by atoms with van der Waals surface area (Å²) in [6.45, 7) is 2.75. The molecule has 1 fully saturated rings. The Balaban J connectivity index is 2.29. The van der Waals surface area contributed by atoms with Gasteiger partial charge in [0.1, 0.15) is 4.90 Å². The van der Waals surface area contributed by atoms with Crippen molar-refractivity contribution >= 4 is 27.5 Å². The molecule has 0 aliphatic heterocycles. The first-order valence-electron chi connectivity index (χ1n) is 6.98. The maximum atomic E-state index is 12.6. The van der Waals surface area contributed by atoms with Crippen molar-refractivity contribution in [3.05, 3.63) is 28.8 Å². The highest BCUT2D eigenvalue weighted by molar-refractivity contribution is 7.89. The van der Waals surface area contributed by atoms with Crippen LogP contribution < -0.4 is 5.14 Å². The lowest BCUT2D eigenvalue weighted by Gasteiger charge is -2.22. The highest BCUT2D eigenvalue weighted by Gasteiger charge is 2.33. The largest absolute Gasteiger partial charge is 0.336 e. The fraction of sp³-hybridized carbons (Fsp3) is 0.500. The monoisotopic (exact) mass is 330 g/mol. The topological polar surface area (TPSA) is 80.5 Å². The number of hydrogen-bond donors (Lipinski definition) is 1. The summed E-state index contributed by atoms with van der Waals surface area (Å²) in [7, 11) is -3.94. The van der Waals surface area contributed by atoms with E-state index in [4.69, 9.17) is 16.7 Å². The van der Waals surface area contributed by atoms with Crippen molar-refractivity contribution in [1.29, 1.82) is 0 Å². The van der Waals surface area contributed by atoms with Gasteiger partial charge >= 0.3 is 0 Å². The summed E-state index contributed by atoms with van der Waals surface area (Å²) in [4.78, 5) is 14.2.